The van der Waals surface area contributed by atoms with Gasteiger partial charge in [0.05, 0.1) is 31.8 Å². The van der Waals surface area contributed by atoms with Crippen molar-refractivity contribution < 1.29 is 19.0 Å². The number of ether oxygens (including phenoxy) is 2. The fourth-order valence-corrected chi connectivity index (χ4v) is 7.00. The van der Waals surface area contributed by atoms with Gasteiger partial charge in [0.25, 0.3) is 0 Å². The van der Waals surface area contributed by atoms with E-state index >= 15 is 0 Å². The Bertz CT molecular complexity index is 1130. The van der Waals surface area contributed by atoms with Crippen LogP contribution in [0.1, 0.15) is 133 Å². The van der Waals surface area contributed by atoms with Crippen LogP contribution in [0.5, 0.6) is 11.5 Å². The Hall–Kier alpha value is -2.33. The lowest BCUT2D eigenvalue weighted by Crippen LogP contribution is -2.36. The number of methoxy groups -OCH3 is 2. The number of rotatable bonds is 22. The third-order valence-electron chi connectivity index (χ3n) is 9.98. The average Bonchev–Trinajstić information content (AvgIpc) is 3.08. The minimum atomic E-state index is -0.529. The molecule has 3 rings (SSSR count). The zero-order valence-electron chi connectivity index (χ0n) is 28.8. The predicted molar refractivity (Wildman–Crippen MR) is 190 cm³/mol. The molecule has 1 aliphatic rings. The fourth-order valence-electron chi connectivity index (χ4n) is 7.00. The van der Waals surface area contributed by atoms with Crippen molar-refractivity contribution >= 4 is 12.4 Å². The van der Waals surface area contributed by atoms with Gasteiger partial charge in [0.15, 0.2) is 11.5 Å². The van der Waals surface area contributed by atoms with Crippen LogP contribution < -0.4 is 9.47 Å². The number of unbranched alkanes of at least 4 members (excludes halogenated alkanes) is 11. The van der Waals surface area contributed by atoms with Gasteiger partial charge in [-0.3, -0.25) is 0 Å². The molecular weight excluding hydrogens is 599 g/mol. The quantitative estimate of drug-likeness (QED) is 0.128. The van der Waals surface area contributed by atoms with E-state index in [4.69, 9.17) is 9.47 Å². The van der Waals surface area contributed by atoms with Gasteiger partial charge in [-0.2, -0.15) is 5.26 Å². The Labute approximate surface area is 285 Å². The Morgan fingerprint density at radius 1 is 0.826 bits per heavy atom. The van der Waals surface area contributed by atoms with Crippen LogP contribution >= 0.6 is 12.4 Å². The maximum absolute atomic E-state index is 13.3. The van der Waals surface area contributed by atoms with Crippen LogP contribution in [0.2, 0.25) is 0 Å². The highest BCUT2D eigenvalue weighted by atomic mass is 35.5. The van der Waals surface area contributed by atoms with Gasteiger partial charge in [-0.1, -0.05) is 102 Å². The van der Waals surface area contributed by atoms with E-state index < -0.39 is 11.5 Å². The van der Waals surface area contributed by atoms with Gasteiger partial charge >= 0.3 is 0 Å². The van der Waals surface area contributed by atoms with Crippen molar-refractivity contribution in [2.75, 3.05) is 33.9 Å². The van der Waals surface area contributed by atoms with E-state index in [0.29, 0.717) is 11.5 Å². The van der Waals surface area contributed by atoms with Crippen LogP contribution in [-0.4, -0.2) is 43.9 Å². The number of benzene rings is 2. The maximum atomic E-state index is 13.3. The van der Waals surface area contributed by atoms with Gasteiger partial charge in [-0.25, -0.2) is 4.39 Å². The molecule has 0 spiro atoms. The molecule has 0 bridgehead atoms. The molecule has 0 aliphatic carbocycles. The molecule has 1 heterocycles. The van der Waals surface area contributed by atoms with E-state index in [1.165, 1.54) is 69.9 Å². The van der Waals surface area contributed by atoms with Gasteiger partial charge in [0.1, 0.15) is 5.82 Å². The first-order valence-corrected chi connectivity index (χ1v) is 17.8. The molecule has 5 nitrogen and oxygen atoms in total. The summed E-state index contributed by atoms with van der Waals surface area (Å²) in [7, 11) is 3.30. The van der Waals surface area contributed by atoms with Crippen molar-refractivity contribution in [2.45, 2.75) is 128 Å². The molecule has 1 fully saturated rings. The monoisotopic (exact) mass is 658 g/mol. The number of nitrogens with zero attached hydrogens (tertiary/aromatic N) is 2. The third kappa shape index (κ3) is 12.7. The van der Waals surface area contributed by atoms with Crippen molar-refractivity contribution in [1.82, 2.24) is 4.90 Å². The van der Waals surface area contributed by atoms with E-state index in [1.54, 1.807) is 26.4 Å². The van der Waals surface area contributed by atoms with Gasteiger partial charge in [0, 0.05) is 0 Å². The van der Waals surface area contributed by atoms with Crippen molar-refractivity contribution in [1.29, 1.82) is 5.26 Å². The molecule has 46 heavy (non-hydrogen) atoms. The standard InChI is InChI=1S/C39H59FN2O3.ClH/c1-4-5-6-7-8-9-10-11-12-14-25-39(31-41,34-19-22-36(44-2)37(30-34)45-3)26-15-13-16-27-42-28-23-33(24-29-42)38(43)32-17-20-35(40)21-18-32;/h17-22,30,33,38,43H,4-16,23-29H2,1-3H3;1H. The molecule has 2 atom stereocenters. The number of nitriles is 1. The number of aliphatic hydroxyl groups excluding tert-OH is 1. The zero-order valence-corrected chi connectivity index (χ0v) is 29.6. The molecule has 0 aromatic heterocycles. The Balaban J connectivity index is 0.00000736. The fraction of sp³-hybridized carbons (Fsp3) is 0.667. The topological polar surface area (TPSA) is 65.7 Å². The highest BCUT2D eigenvalue weighted by Crippen LogP contribution is 2.40. The van der Waals surface area contributed by atoms with Crippen LogP contribution in [0.3, 0.4) is 0 Å². The molecule has 0 amide bonds. The van der Waals surface area contributed by atoms with E-state index in [1.807, 2.05) is 12.1 Å². The summed E-state index contributed by atoms with van der Waals surface area (Å²) in [4.78, 5) is 2.50. The highest BCUT2D eigenvalue weighted by Gasteiger charge is 2.32. The molecule has 1 aliphatic heterocycles. The van der Waals surface area contributed by atoms with Crippen molar-refractivity contribution in [3.8, 4) is 17.6 Å². The van der Waals surface area contributed by atoms with Gasteiger partial charge in [-0.05, 0) is 93.0 Å². The maximum Gasteiger partial charge on any atom is 0.161 e. The largest absolute Gasteiger partial charge is 0.493 e. The number of halogens is 2. The molecule has 2 unspecified atom stereocenters. The zero-order chi connectivity index (χ0) is 32.3. The first-order chi connectivity index (χ1) is 22.0. The number of likely N-dealkylation sites (tertiary alicyclic amines) is 1. The second kappa shape index (κ2) is 22.3. The molecular formula is C39H60ClFN2O3. The molecule has 7 heteroatoms. The van der Waals surface area contributed by atoms with Crippen LogP contribution in [0.4, 0.5) is 4.39 Å². The molecule has 258 valence electrons. The lowest BCUT2D eigenvalue weighted by molar-refractivity contribution is 0.0583. The minimum Gasteiger partial charge on any atom is -0.493 e. The van der Waals surface area contributed by atoms with Crippen LogP contribution in [-0.2, 0) is 5.41 Å². The summed E-state index contributed by atoms with van der Waals surface area (Å²) in [5.74, 6) is 1.33. The van der Waals surface area contributed by atoms with Crippen molar-refractivity contribution in [3.63, 3.8) is 0 Å². The summed E-state index contributed by atoms with van der Waals surface area (Å²) in [6.07, 6.45) is 19.2. The van der Waals surface area contributed by atoms with Gasteiger partial charge in [0.2, 0.25) is 0 Å². The van der Waals surface area contributed by atoms with E-state index in [9.17, 15) is 14.8 Å². The summed E-state index contributed by atoms with van der Waals surface area (Å²) in [5.41, 5.74) is 1.33. The SMILES string of the molecule is CCCCCCCCCCCCC(C#N)(CCCCCN1CCC(C(O)c2ccc(F)cc2)CC1)c1ccc(OC)c(OC)c1.Cl. The summed E-state index contributed by atoms with van der Waals surface area (Å²) in [6.45, 7) is 5.28. The average molecular weight is 659 g/mol. The summed E-state index contributed by atoms with van der Waals surface area (Å²) in [5, 5.41) is 21.4. The first kappa shape index (κ1) is 39.8. The van der Waals surface area contributed by atoms with Crippen LogP contribution in [0.25, 0.3) is 0 Å². The van der Waals surface area contributed by atoms with Gasteiger partial charge < -0.3 is 19.5 Å². The summed E-state index contributed by atoms with van der Waals surface area (Å²) >= 11 is 0. The highest BCUT2D eigenvalue weighted by molar-refractivity contribution is 5.85. The van der Waals surface area contributed by atoms with E-state index in [-0.39, 0.29) is 24.1 Å². The second-order valence-corrected chi connectivity index (χ2v) is 13.2. The molecule has 1 N–H and O–H groups in total. The lowest BCUT2D eigenvalue weighted by atomic mass is 9.73. The first-order valence-electron chi connectivity index (χ1n) is 17.8. The Morgan fingerprint density at radius 3 is 1.91 bits per heavy atom. The van der Waals surface area contributed by atoms with Crippen LogP contribution in [0, 0.1) is 23.1 Å². The number of hydrogen-bond acceptors (Lipinski definition) is 5. The van der Waals surface area contributed by atoms with Crippen molar-refractivity contribution in [2.24, 2.45) is 5.92 Å². The number of hydrogen-bond donors (Lipinski definition) is 1. The Morgan fingerprint density at radius 2 is 1.37 bits per heavy atom. The number of piperidine rings is 1. The van der Waals surface area contributed by atoms with Crippen LogP contribution in [0.15, 0.2) is 42.5 Å². The minimum absolute atomic E-state index is 0. The lowest BCUT2D eigenvalue weighted by Gasteiger charge is -2.34. The second-order valence-electron chi connectivity index (χ2n) is 13.2. The third-order valence-corrected chi connectivity index (χ3v) is 9.98. The summed E-state index contributed by atoms with van der Waals surface area (Å²) in [6, 6.07) is 15.0. The molecule has 2 aromatic carbocycles. The molecule has 0 radical (unpaired) electrons. The molecule has 2 aromatic rings. The molecule has 1 saturated heterocycles. The van der Waals surface area contributed by atoms with Crippen molar-refractivity contribution in [3.05, 3.63) is 59.4 Å². The normalized spacial score (nSPS) is 15.8. The Kier molecular flexibility index (Phi) is 19.3. The van der Waals surface area contributed by atoms with E-state index in [0.717, 1.165) is 82.1 Å². The van der Waals surface area contributed by atoms with E-state index in [2.05, 4.69) is 24.0 Å². The van der Waals surface area contributed by atoms with Gasteiger partial charge in [-0.15, -0.1) is 12.4 Å². The molecule has 0 saturated carbocycles. The predicted octanol–water partition coefficient (Wildman–Crippen LogP) is 10.3. The summed E-state index contributed by atoms with van der Waals surface area (Å²) < 4.78 is 24.4. The smallest absolute Gasteiger partial charge is 0.161 e. The number of aliphatic hydroxyl groups is 1.